The molecule has 1 N–H and O–H groups in total. The number of benzene rings is 1. The molecule has 2 aliphatic heterocycles. The summed E-state index contributed by atoms with van der Waals surface area (Å²) in [6, 6.07) is 6.04. The van der Waals surface area contributed by atoms with Gasteiger partial charge in [-0.25, -0.2) is 5.01 Å². The molecule has 1 unspecified atom stereocenters. The highest BCUT2D eigenvalue weighted by atomic mass is 35.5. The van der Waals surface area contributed by atoms with Crippen LogP contribution in [0.4, 0.5) is 0 Å². The van der Waals surface area contributed by atoms with Crippen molar-refractivity contribution < 1.29 is 4.79 Å². The van der Waals surface area contributed by atoms with Crippen LogP contribution in [-0.4, -0.2) is 10.9 Å². The van der Waals surface area contributed by atoms with Crippen LogP contribution in [0, 0.1) is 0 Å². The zero-order valence-corrected chi connectivity index (χ0v) is 9.44. The van der Waals surface area contributed by atoms with Crippen LogP contribution in [0.3, 0.4) is 0 Å². The molecule has 0 saturated carbocycles. The van der Waals surface area contributed by atoms with E-state index < -0.39 is 0 Å². The van der Waals surface area contributed by atoms with Crippen LogP contribution < -0.4 is 5.43 Å². The molecule has 0 radical (unpaired) electrons. The van der Waals surface area contributed by atoms with Crippen molar-refractivity contribution in [2.75, 3.05) is 0 Å². The molecule has 1 saturated heterocycles. The predicted octanol–water partition coefficient (Wildman–Crippen LogP) is 2.05. The molecule has 1 aromatic rings. The number of hydrogen-bond acceptors (Lipinski definition) is 2. The van der Waals surface area contributed by atoms with Gasteiger partial charge in [0, 0.05) is 18.0 Å². The van der Waals surface area contributed by atoms with E-state index in [-0.39, 0.29) is 24.4 Å². The van der Waals surface area contributed by atoms with E-state index in [1.807, 2.05) is 17.1 Å². The number of hydrogen-bond donors (Lipinski definition) is 1. The lowest BCUT2D eigenvalue weighted by Gasteiger charge is -2.13. The van der Waals surface area contributed by atoms with Crippen molar-refractivity contribution in [3.05, 3.63) is 34.3 Å². The maximum atomic E-state index is 11.2. The molecule has 0 aliphatic carbocycles. The minimum Gasteiger partial charge on any atom is -0.288 e. The third-order valence-electron chi connectivity index (χ3n) is 2.84. The topological polar surface area (TPSA) is 32.3 Å². The monoisotopic (exact) mass is 244 g/mol. The molecule has 1 fully saturated rings. The second-order valence-electron chi connectivity index (χ2n) is 3.70. The number of fused-ring (bicyclic) bond motifs is 3. The largest absolute Gasteiger partial charge is 0.288 e. The first kappa shape index (κ1) is 10.7. The molecule has 1 atom stereocenters. The summed E-state index contributed by atoms with van der Waals surface area (Å²) in [6.45, 7) is 0.770. The molecule has 5 heteroatoms. The second-order valence-corrected chi connectivity index (χ2v) is 4.10. The zero-order chi connectivity index (χ0) is 9.71. The summed E-state index contributed by atoms with van der Waals surface area (Å²) in [4.78, 5) is 11.2. The Bertz CT molecular complexity index is 422. The van der Waals surface area contributed by atoms with Crippen LogP contribution in [0.5, 0.6) is 0 Å². The fraction of sp³-hybridized carbons (Fsp3) is 0.300. The van der Waals surface area contributed by atoms with Crippen molar-refractivity contribution in [2.24, 2.45) is 0 Å². The van der Waals surface area contributed by atoms with Crippen molar-refractivity contribution in [3.63, 3.8) is 0 Å². The summed E-state index contributed by atoms with van der Waals surface area (Å²) in [5.41, 5.74) is 5.17. The van der Waals surface area contributed by atoms with Gasteiger partial charge in [0.25, 0.3) is 0 Å². The van der Waals surface area contributed by atoms with Gasteiger partial charge in [0.05, 0.1) is 6.04 Å². The molecule has 3 rings (SSSR count). The van der Waals surface area contributed by atoms with Gasteiger partial charge in [-0.05, 0) is 17.2 Å². The Morgan fingerprint density at radius 3 is 3.07 bits per heavy atom. The quantitative estimate of drug-likeness (QED) is 0.758. The zero-order valence-electron chi connectivity index (χ0n) is 7.87. The molecule has 1 aromatic carbocycles. The van der Waals surface area contributed by atoms with E-state index in [1.54, 1.807) is 0 Å². The average Bonchev–Trinajstić information content (AvgIpc) is 2.60. The van der Waals surface area contributed by atoms with Gasteiger partial charge >= 0.3 is 0 Å². The molecule has 0 aromatic heterocycles. The van der Waals surface area contributed by atoms with E-state index in [0.29, 0.717) is 6.42 Å². The van der Waals surface area contributed by atoms with E-state index in [1.165, 1.54) is 5.56 Å². The highest BCUT2D eigenvalue weighted by Crippen LogP contribution is 2.41. The first-order valence-corrected chi connectivity index (χ1v) is 4.97. The lowest BCUT2D eigenvalue weighted by atomic mass is 10.0. The number of halogens is 2. The van der Waals surface area contributed by atoms with Crippen molar-refractivity contribution in [3.8, 4) is 0 Å². The molecule has 0 spiro atoms. The third kappa shape index (κ3) is 1.51. The maximum absolute atomic E-state index is 11.2. The third-order valence-corrected chi connectivity index (χ3v) is 3.17. The molecule has 3 nitrogen and oxygen atoms in total. The number of nitrogens with one attached hydrogen (secondary N) is 1. The summed E-state index contributed by atoms with van der Waals surface area (Å²) in [5.74, 6) is 0.0839. The minimum atomic E-state index is 0. The number of carbonyl (C=O) groups is 1. The Labute approximate surface area is 98.8 Å². The molecule has 0 bridgehead atoms. The number of nitrogens with zero attached hydrogens (tertiary/aromatic N) is 1. The fourth-order valence-corrected chi connectivity index (χ4v) is 2.57. The van der Waals surface area contributed by atoms with E-state index in [4.69, 9.17) is 11.6 Å². The normalized spacial score (nSPS) is 23.0. The lowest BCUT2D eigenvalue weighted by Crippen LogP contribution is -2.30. The van der Waals surface area contributed by atoms with Gasteiger partial charge in [0.2, 0.25) is 5.91 Å². The Kier molecular flexibility index (Phi) is 2.63. The van der Waals surface area contributed by atoms with Gasteiger partial charge in [-0.2, -0.15) is 0 Å². The summed E-state index contributed by atoms with van der Waals surface area (Å²) in [5, 5.41) is 2.73. The van der Waals surface area contributed by atoms with E-state index in [2.05, 4.69) is 11.5 Å². The molecule has 80 valence electrons. The van der Waals surface area contributed by atoms with E-state index in [0.717, 1.165) is 17.1 Å². The highest BCUT2D eigenvalue weighted by Gasteiger charge is 2.39. The van der Waals surface area contributed by atoms with Crippen molar-refractivity contribution in [1.29, 1.82) is 0 Å². The van der Waals surface area contributed by atoms with Crippen molar-refractivity contribution in [1.82, 2.24) is 10.4 Å². The molecule has 15 heavy (non-hydrogen) atoms. The number of carbonyl (C=O) groups excluding carboxylic acids is 1. The van der Waals surface area contributed by atoms with Gasteiger partial charge in [-0.1, -0.05) is 23.7 Å². The number of rotatable bonds is 0. The van der Waals surface area contributed by atoms with Crippen LogP contribution in [-0.2, 0) is 11.3 Å². The smallest absolute Gasteiger partial charge is 0.236 e. The minimum absolute atomic E-state index is 0. The van der Waals surface area contributed by atoms with Gasteiger partial charge in [0.1, 0.15) is 0 Å². The van der Waals surface area contributed by atoms with E-state index >= 15 is 0 Å². The molecular weight excluding hydrogens is 235 g/mol. The Balaban J connectivity index is 0.000000853. The van der Waals surface area contributed by atoms with Crippen molar-refractivity contribution in [2.45, 2.75) is 19.0 Å². The lowest BCUT2D eigenvalue weighted by molar-refractivity contribution is -0.121. The van der Waals surface area contributed by atoms with Crippen LogP contribution in [0.15, 0.2) is 18.2 Å². The van der Waals surface area contributed by atoms with Crippen LogP contribution in [0.25, 0.3) is 0 Å². The highest BCUT2D eigenvalue weighted by molar-refractivity contribution is 6.31. The Morgan fingerprint density at radius 1 is 1.47 bits per heavy atom. The summed E-state index contributed by atoms with van der Waals surface area (Å²) >= 11 is 6.12. The van der Waals surface area contributed by atoms with Gasteiger partial charge < -0.3 is 0 Å². The van der Waals surface area contributed by atoms with Gasteiger partial charge in [-0.15, -0.1) is 12.4 Å². The van der Waals surface area contributed by atoms with Crippen LogP contribution in [0.2, 0.25) is 5.02 Å². The molecular formula is C10H10Cl2N2O. The SMILES string of the molecule is Cl.O=C1CC2c3c(Cl)cccc3CN2N1. The van der Waals surface area contributed by atoms with E-state index in [9.17, 15) is 4.79 Å². The average molecular weight is 245 g/mol. The first-order valence-electron chi connectivity index (χ1n) is 4.59. The Morgan fingerprint density at radius 2 is 2.27 bits per heavy atom. The molecule has 2 heterocycles. The molecule has 2 aliphatic rings. The van der Waals surface area contributed by atoms with Crippen LogP contribution in [0.1, 0.15) is 23.6 Å². The van der Waals surface area contributed by atoms with Gasteiger partial charge in [-0.3, -0.25) is 10.2 Å². The summed E-state index contributed by atoms with van der Waals surface area (Å²) < 4.78 is 0. The fourth-order valence-electron chi connectivity index (χ4n) is 2.25. The summed E-state index contributed by atoms with van der Waals surface area (Å²) in [7, 11) is 0. The second kappa shape index (κ2) is 3.67. The van der Waals surface area contributed by atoms with Crippen LogP contribution >= 0.6 is 24.0 Å². The maximum Gasteiger partial charge on any atom is 0.236 e. The van der Waals surface area contributed by atoms with Crippen molar-refractivity contribution >= 4 is 29.9 Å². The number of hydrazine groups is 1. The Hall–Kier alpha value is -0.770. The summed E-state index contributed by atoms with van der Waals surface area (Å²) in [6.07, 6.45) is 0.525. The first-order chi connectivity index (χ1) is 6.75. The standard InChI is InChI=1S/C10H9ClN2O.ClH/c11-7-3-1-2-6-5-13-8(10(6)7)4-9(14)12-13;/h1-3,8H,4-5H2,(H,12,14);1H. The predicted molar refractivity (Wildman–Crippen MR) is 59.7 cm³/mol. The number of amides is 1. The van der Waals surface area contributed by atoms with Gasteiger partial charge in [0.15, 0.2) is 0 Å². The molecule has 1 amide bonds.